The van der Waals surface area contributed by atoms with E-state index in [1.165, 1.54) is 26.7 Å². The Kier molecular flexibility index (Phi) is 7.86. The summed E-state index contributed by atoms with van der Waals surface area (Å²) in [6.07, 6.45) is 6.32. The highest BCUT2D eigenvalue weighted by Gasteiger charge is 2.67. The van der Waals surface area contributed by atoms with E-state index < -0.39 is 34.3 Å². The van der Waals surface area contributed by atoms with Gasteiger partial charge in [-0.3, -0.25) is 19.2 Å². The molecule has 2 fully saturated rings. The summed E-state index contributed by atoms with van der Waals surface area (Å²) in [6, 6.07) is 0. The highest BCUT2D eigenvalue weighted by atomic mass is 16.5. The molecule has 0 bridgehead atoms. The molecule has 0 aromatic rings. The van der Waals surface area contributed by atoms with Crippen molar-refractivity contribution in [2.45, 2.75) is 127 Å². The topological polar surface area (TPSA) is 86.7 Å². The van der Waals surface area contributed by atoms with E-state index in [0.29, 0.717) is 53.7 Å². The number of rotatable bonds is 7. The van der Waals surface area contributed by atoms with Crippen molar-refractivity contribution in [1.82, 2.24) is 0 Å². The van der Waals surface area contributed by atoms with Crippen LogP contribution in [-0.2, 0) is 28.7 Å². The van der Waals surface area contributed by atoms with Gasteiger partial charge in [0.05, 0.1) is 0 Å². The molecule has 0 N–H and O–H groups in total. The van der Waals surface area contributed by atoms with Gasteiger partial charge >= 0.3 is 11.9 Å². The summed E-state index contributed by atoms with van der Waals surface area (Å²) in [5.41, 5.74) is -0.623. The van der Waals surface area contributed by atoms with Gasteiger partial charge < -0.3 is 9.47 Å². The first-order chi connectivity index (χ1) is 18.4. The van der Waals surface area contributed by atoms with E-state index in [2.05, 4.69) is 34.6 Å². The Morgan fingerprint density at radius 1 is 0.900 bits per heavy atom. The molecule has 0 spiro atoms. The maximum Gasteiger partial charge on any atom is 0.308 e. The molecule has 4 aliphatic carbocycles. The van der Waals surface area contributed by atoms with Crippen molar-refractivity contribution in [1.29, 1.82) is 0 Å². The molecular weight excluding hydrogens is 504 g/mol. The normalized spacial score (nSPS) is 35.8. The molecule has 6 atom stereocenters. The number of hydrogen-bond acceptors (Lipinski definition) is 6. The predicted octanol–water partition coefficient (Wildman–Crippen LogP) is 7.30. The first kappa shape index (κ1) is 30.7. The largest absolute Gasteiger partial charge is 0.462 e. The number of carbonyl (C=O) groups is 4. The molecule has 0 saturated heterocycles. The number of hydrogen-bond donors (Lipinski definition) is 0. The van der Waals surface area contributed by atoms with E-state index in [1.54, 1.807) is 0 Å². The zero-order valence-corrected chi connectivity index (χ0v) is 26.4. The zero-order chi connectivity index (χ0) is 30.0. The maximum atomic E-state index is 14.6. The summed E-state index contributed by atoms with van der Waals surface area (Å²) >= 11 is 0. The molecule has 0 radical (unpaired) electrons. The second kappa shape index (κ2) is 10.2. The van der Waals surface area contributed by atoms with Crippen LogP contribution >= 0.6 is 0 Å². The molecule has 0 amide bonds. The van der Waals surface area contributed by atoms with Crippen LogP contribution in [0.15, 0.2) is 22.5 Å². The summed E-state index contributed by atoms with van der Waals surface area (Å²) in [5, 5.41) is 0. The molecule has 0 aliphatic heterocycles. The van der Waals surface area contributed by atoms with Crippen molar-refractivity contribution in [3.63, 3.8) is 0 Å². The van der Waals surface area contributed by atoms with Crippen molar-refractivity contribution in [3.05, 3.63) is 22.5 Å². The Hall–Kier alpha value is -2.24. The fraction of sp³-hybridized carbons (Fsp3) is 0.765. The van der Waals surface area contributed by atoms with Gasteiger partial charge in [-0.2, -0.15) is 0 Å². The van der Waals surface area contributed by atoms with Crippen LogP contribution in [0.5, 0.6) is 0 Å². The van der Waals surface area contributed by atoms with E-state index in [9.17, 15) is 19.2 Å². The van der Waals surface area contributed by atoms with Crippen molar-refractivity contribution < 1.29 is 28.7 Å². The highest BCUT2D eigenvalue weighted by Crippen LogP contribution is 2.71. The fourth-order valence-electron chi connectivity index (χ4n) is 9.39. The molecule has 0 aromatic heterocycles. The number of ether oxygens (including phenoxy) is 2. The van der Waals surface area contributed by atoms with E-state index in [1.807, 2.05) is 20.8 Å². The Morgan fingerprint density at radius 3 is 2.12 bits per heavy atom. The number of ketones is 2. The summed E-state index contributed by atoms with van der Waals surface area (Å²) < 4.78 is 11.5. The van der Waals surface area contributed by atoms with Crippen LogP contribution in [0.3, 0.4) is 0 Å². The molecular formula is C34H50O6. The molecule has 0 aromatic carbocycles. The van der Waals surface area contributed by atoms with E-state index in [-0.39, 0.29) is 22.7 Å². The Bertz CT molecular complexity index is 1190. The van der Waals surface area contributed by atoms with Gasteiger partial charge in [-0.15, -0.1) is 0 Å². The third-order valence-electron chi connectivity index (χ3n) is 11.4. The lowest BCUT2D eigenvalue weighted by atomic mass is 9.45. The first-order valence-electron chi connectivity index (χ1n) is 15.4. The monoisotopic (exact) mass is 554 g/mol. The van der Waals surface area contributed by atoms with Crippen LogP contribution in [0.4, 0.5) is 0 Å². The molecule has 6 nitrogen and oxygen atoms in total. The third kappa shape index (κ3) is 4.52. The lowest BCUT2D eigenvalue weighted by Crippen LogP contribution is -2.56. The Balaban J connectivity index is 1.85. The average molecular weight is 555 g/mol. The summed E-state index contributed by atoms with van der Waals surface area (Å²) in [6.45, 7) is 19.8. The Morgan fingerprint density at radius 2 is 1.55 bits per heavy atom. The van der Waals surface area contributed by atoms with Gasteiger partial charge in [0.1, 0.15) is 6.10 Å². The SMILES string of the molecule is CC(=O)OC1=C2C(C)(C)[C@@H](OC(C)=O)CC[C@]2(C)C2=C(C1=O)[C@]1(C)CC[C@H]([C@H](C)CCCC(C)C)[C@]1(C)CC2=O. The third-order valence-corrected chi connectivity index (χ3v) is 11.4. The van der Waals surface area contributed by atoms with Crippen LogP contribution in [-0.4, -0.2) is 29.6 Å². The van der Waals surface area contributed by atoms with Gasteiger partial charge in [0.25, 0.3) is 0 Å². The van der Waals surface area contributed by atoms with Crippen molar-refractivity contribution in [3.8, 4) is 0 Å². The second-order valence-electron chi connectivity index (χ2n) is 14.9. The Labute approximate surface area is 240 Å². The fourth-order valence-corrected chi connectivity index (χ4v) is 9.39. The summed E-state index contributed by atoms with van der Waals surface area (Å²) in [4.78, 5) is 53.4. The van der Waals surface area contributed by atoms with E-state index >= 15 is 0 Å². The molecule has 222 valence electrons. The maximum absolute atomic E-state index is 14.6. The predicted molar refractivity (Wildman–Crippen MR) is 154 cm³/mol. The zero-order valence-electron chi connectivity index (χ0n) is 26.4. The average Bonchev–Trinajstić information content (AvgIpc) is 3.08. The molecule has 4 aliphatic rings. The molecule has 6 heteroatoms. The minimum atomic E-state index is -0.803. The van der Waals surface area contributed by atoms with E-state index in [0.717, 1.165) is 19.3 Å². The molecule has 0 heterocycles. The van der Waals surface area contributed by atoms with Crippen LogP contribution in [0.25, 0.3) is 0 Å². The minimum Gasteiger partial charge on any atom is -0.462 e. The quantitative estimate of drug-likeness (QED) is 0.307. The summed E-state index contributed by atoms with van der Waals surface area (Å²) in [5.74, 6) is 0.260. The van der Waals surface area contributed by atoms with Crippen LogP contribution in [0.2, 0.25) is 0 Å². The lowest BCUT2D eigenvalue weighted by molar-refractivity contribution is -0.155. The first-order valence-corrected chi connectivity index (χ1v) is 15.4. The number of fused-ring (bicyclic) bond motifs is 4. The standard InChI is InChI=1S/C34H50O6/c1-19(2)12-11-13-20(3)23-14-17-33(9)27-26(24(37)18-34(23,33)10)32(8)16-15-25(39-21(4)35)31(6,7)30(32)29(28(27)38)40-22(5)36/h19-20,23,25H,11-18H2,1-10H3/t20-,23-,25+,32-,33+,34+/m1/s1. The van der Waals surface area contributed by atoms with Gasteiger partial charge in [0, 0.05) is 47.7 Å². The number of allylic oxidation sites excluding steroid dienone is 2. The van der Waals surface area contributed by atoms with Gasteiger partial charge in [0.15, 0.2) is 11.5 Å². The molecule has 0 unspecified atom stereocenters. The van der Waals surface area contributed by atoms with Gasteiger partial charge in [-0.25, -0.2) is 0 Å². The highest BCUT2D eigenvalue weighted by molar-refractivity contribution is 6.18. The molecule has 2 saturated carbocycles. The number of carbonyl (C=O) groups excluding carboxylic acids is 4. The number of Topliss-reactive ketones (excluding diaryl/α,β-unsaturated/α-hetero) is 2. The van der Waals surface area contributed by atoms with Crippen molar-refractivity contribution in [2.24, 2.45) is 39.4 Å². The van der Waals surface area contributed by atoms with Gasteiger partial charge in [0.2, 0.25) is 5.78 Å². The van der Waals surface area contributed by atoms with Crippen LogP contribution in [0.1, 0.15) is 121 Å². The van der Waals surface area contributed by atoms with E-state index in [4.69, 9.17) is 9.47 Å². The smallest absolute Gasteiger partial charge is 0.308 e. The second-order valence-corrected chi connectivity index (χ2v) is 14.9. The number of esters is 2. The van der Waals surface area contributed by atoms with Gasteiger partial charge in [-0.05, 0) is 54.4 Å². The summed E-state index contributed by atoms with van der Waals surface area (Å²) in [7, 11) is 0. The van der Waals surface area contributed by atoms with Crippen LogP contribution < -0.4 is 0 Å². The lowest BCUT2D eigenvalue weighted by Gasteiger charge is -2.58. The molecule has 40 heavy (non-hydrogen) atoms. The van der Waals surface area contributed by atoms with Crippen molar-refractivity contribution in [2.75, 3.05) is 0 Å². The van der Waals surface area contributed by atoms with Crippen LogP contribution in [0, 0.1) is 39.4 Å². The minimum absolute atomic E-state index is 0.0438. The molecule has 4 rings (SSSR count). The van der Waals surface area contributed by atoms with Gasteiger partial charge in [-0.1, -0.05) is 74.7 Å². The van der Waals surface area contributed by atoms with Crippen molar-refractivity contribution >= 4 is 23.5 Å².